The largest absolute Gasteiger partial charge is 0.426 e. The zero-order valence-corrected chi connectivity index (χ0v) is 18.6. The van der Waals surface area contributed by atoms with Crippen LogP contribution in [0.25, 0.3) is 0 Å². The van der Waals surface area contributed by atoms with Crippen LogP contribution in [-0.4, -0.2) is 41.7 Å². The molecule has 168 valence electrons. The number of carbonyl (C=O) groups is 1. The molecule has 2 aliphatic rings. The van der Waals surface area contributed by atoms with Crippen LogP contribution in [0.2, 0.25) is 0 Å². The highest BCUT2D eigenvalue weighted by atomic mass is 16.5. The van der Waals surface area contributed by atoms with Gasteiger partial charge in [-0.25, -0.2) is 9.97 Å². The molecule has 0 bridgehead atoms. The van der Waals surface area contributed by atoms with E-state index in [0.29, 0.717) is 23.4 Å². The summed E-state index contributed by atoms with van der Waals surface area (Å²) < 4.78 is 11.2. The summed E-state index contributed by atoms with van der Waals surface area (Å²) in [7, 11) is 0. The Balaban J connectivity index is 1.67. The number of hydrogen-bond donors (Lipinski definition) is 1. The highest BCUT2D eigenvalue weighted by molar-refractivity contribution is 5.80. The molecule has 2 heterocycles. The van der Waals surface area contributed by atoms with Crippen molar-refractivity contribution in [2.75, 3.05) is 30.0 Å². The van der Waals surface area contributed by atoms with E-state index in [1.165, 1.54) is 0 Å². The van der Waals surface area contributed by atoms with Crippen molar-refractivity contribution in [2.45, 2.75) is 45.6 Å². The molecule has 0 atom stereocenters. The molecule has 1 saturated carbocycles. The second-order valence-corrected chi connectivity index (χ2v) is 8.80. The fraction of sp³-hybridized carbons (Fsp3) is 0.500. The highest BCUT2D eigenvalue weighted by Crippen LogP contribution is 2.37. The number of rotatable bonds is 8. The van der Waals surface area contributed by atoms with Crippen LogP contribution in [0.5, 0.6) is 5.75 Å². The molecular formula is C24H29N5O3. The Kier molecular flexibility index (Phi) is 6.86. The van der Waals surface area contributed by atoms with Gasteiger partial charge in [0, 0.05) is 31.9 Å². The predicted molar refractivity (Wildman–Crippen MR) is 121 cm³/mol. The normalized spacial score (nSPS) is 16.4. The van der Waals surface area contributed by atoms with E-state index in [1.807, 2.05) is 24.3 Å². The lowest BCUT2D eigenvalue weighted by Crippen LogP contribution is -2.42. The van der Waals surface area contributed by atoms with Crippen molar-refractivity contribution in [1.82, 2.24) is 9.97 Å². The topological polar surface area (TPSA) is 100 Å². The summed E-state index contributed by atoms with van der Waals surface area (Å²) in [5.41, 5.74) is 2.50. The number of aromatic nitrogens is 2. The van der Waals surface area contributed by atoms with E-state index in [4.69, 9.17) is 14.7 Å². The summed E-state index contributed by atoms with van der Waals surface area (Å²) in [6.45, 7) is 6.81. The average molecular weight is 436 g/mol. The van der Waals surface area contributed by atoms with Gasteiger partial charge in [-0.15, -0.1) is 0 Å². The first-order valence-corrected chi connectivity index (χ1v) is 11.2. The number of anilines is 3. The first-order valence-electron chi connectivity index (χ1n) is 11.2. The number of carbonyl (C=O) groups excluding carboxylic acids is 1. The van der Waals surface area contributed by atoms with Crippen LogP contribution in [0.4, 0.5) is 17.1 Å². The van der Waals surface area contributed by atoms with E-state index >= 15 is 0 Å². The monoisotopic (exact) mass is 435 g/mol. The van der Waals surface area contributed by atoms with Crippen molar-refractivity contribution in [3.05, 3.63) is 36.4 Å². The maximum atomic E-state index is 12.2. The van der Waals surface area contributed by atoms with Crippen LogP contribution in [0.1, 0.15) is 45.4 Å². The molecule has 0 amide bonds. The first kappa shape index (κ1) is 22.0. The fourth-order valence-electron chi connectivity index (χ4n) is 3.89. The van der Waals surface area contributed by atoms with E-state index in [0.717, 1.165) is 56.8 Å². The molecule has 1 aliphatic heterocycles. The van der Waals surface area contributed by atoms with Crippen LogP contribution in [0.15, 0.2) is 30.6 Å². The summed E-state index contributed by atoms with van der Waals surface area (Å²) in [5.74, 6) is 0.952. The van der Waals surface area contributed by atoms with E-state index in [9.17, 15) is 4.79 Å². The minimum Gasteiger partial charge on any atom is -0.426 e. The van der Waals surface area contributed by atoms with E-state index in [1.54, 1.807) is 12.4 Å². The molecule has 4 rings (SSSR count). The number of nitrogens with zero attached hydrogens (tertiary/aromatic N) is 4. The third-order valence-corrected chi connectivity index (χ3v) is 5.63. The molecule has 32 heavy (non-hydrogen) atoms. The highest BCUT2D eigenvalue weighted by Gasteiger charge is 2.32. The third-order valence-electron chi connectivity index (χ3n) is 5.63. The minimum atomic E-state index is -0.172. The lowest BCUT2D eigenvalue weighted by atomic mass is 10.0. The summed E-state index contributed by atoms with van der Waals surface area (Å²) in [4.78, 5) is 22.7. The van der Waals surface area contributed by atoms with Crippen LogP contribution in [0.3, 0.4) is 0 Å². The molecule has 1 aromatic heterocycles. The predicted octanol–water partition coefficient (Wildman–Crippen LogP) is 4.05. The maximum Gasteiger partial charge on any atom is 0.314 e. The van der Waals surface area contributed by atoms with Crippen LogP contribution in [-0.2, 0) is 9.53 Å². The molecule has 0 radical (unpaired) electrons. The summed E-state index contributed by atoms with van der Waals surface area (Å²) >= 11 is 0. The number of hydrogen-bond acceptors (Lipinski definition) is 8. The van der Waals surface area contributed by atoms with Gasteiger partial charge in [-0.3, -0.25) is 4.79 Å². The van der Waals surface area contributed by atoms with Gasteiger partial charge in [-0.05, 0) is 43.7 Å². The standard InChI is InChI=1S/C24H29N5O3/c1-16(2)15-29(19-7-9-31-10-8-19)22-6-5-20(32-24(30)17-3-4-17)11-21(22)28-18-13-26-23(12-25)27-14-18/h5-6,11,13-14,16-17,19,28H,3-4,7-10,15H2,1-2H3. The Bertz CT molecular complexity index is 976. The van der Waals surface area contributed by atoms with Gasteiger partial charge in [0.25, 0.3) is 0 Å². The Morgan fingerprint density at radius 2 is 1.97 bits per heavy atom. The van der Waals surface area contributed by atoms with Crippen LogP contribution in [0, 0.1) is 23.2 Å². The molecule has 8 nitrogen and oxygen atoms in total. The van der Waals surface area contributed by atoms with Gasteiger partial charge in [0.1, 0.15) is 11.8 Å². The molecule has 0 unspecified atom stereocenters. The van der Waals surface area contributed by atoms with Crippen molar-refractivity contribution in [3.63, 3.8) is 0 Å². The van der Waals surface area contributed by atoms with Crippen molar-refractivity contribution < 1.29 is 14.3 Å². The molecule has 1 N–H and O–H groups in total. The van der Waals surface area contributed by atoms with Crippen LogP contribution < -0.4 is 15.0 Å². The molecule has 2 fully saturated rings. The molecule has 1 aliphatic carbocycles. The molecular weight excluding hydrogens is 406 g/mol. The summed E-state index contributed by atoms with van der Waals surface area (Å²) in [5, 5.41) is 12.3. The number of nitriles is 1. The lowest BCUT2D eigenvalue weighted by Gasteiger charge is -2.38. The summed E-state index contributed by atoms with van der Waals surface area (Å²) in [6, 6.07) is 8.04. The zero-order valence-electron chi connectivity index (χ0n) is 18.6. The zero-order chi connectivity index (χ0) is 22.5. The van der Waals surface area contributed by atoms with Gasteiger partial charge in [0.05, 0.1) is 35.4 Å². The maximum absolute atomic E-state index is 12.2. The Morgan fingerprint density at radius 3 is 2.59 bits per heavy atom. The smallest absolute Gasteiger partial charge is 0.314 e. The lowest BCUT2D eigenvalue weighted by molar-refractivity contribution is -0.135. The second-order valence-electron chi connectivity index (χ2n) is 8.80. The van der Waals surface area contributed by atoms with Gasteiger partial charge in [-0.2, -0.15) is 5.26 Å². The third kappa shape index (κ3) is 5.54. The Labute approximate surface area is 188 Å². The number of benzene rings is 1. The van der Waals surface area contributed by atoms with Gasteiger partial charge in [0.2, 0.25) is 5.82 Å². The first-order chi connectivity index (χ1) is 15.5. The van der Waals surface area contributed by atoms with Crippen molar-refractivity contribution in [1.29, 1.82) is 5.26 Å². The number of nitrogens with one attached hydrogen (secondary N) is 1. The average Bonchev–Trinajstić information content (AvgIpc) is 3.65. The van der Waals surface area contributed by atoms with Gasteiger partial charge >= 0.3 is 5.97 Å². The van der Waals surface area contributed by atoms with Crippen molar-refractivity contribution >= 4 is 23.0 Å². The molecule has 2 aromatic rings. The van der Waals surface area contributed by atoms with E-state index in [-0.39, 0.29) is 17.7 Å². The second kappa shape index (κ2) is 9.96. The van der Waals surface area contributed by atoms with Gasteiger partial charge < -0.3 is 19.7 Å². The SMILES string of the molecule is CC(C)CN(c1ccc(OC(=O)C2CC2)cc1Nc1cnc(C#N)nc1)C1CCOCC1. The minimum absolute atomic E-state index is 0.0256. The molecule has 0 spiro atoms. The molecule has 8 heteroatoms. The molecule has 1 aromatic carbocycles. The summed E-state index contributed by atoms with van der Waals surface area (Å²) in [6.07, 6.45) is 6.89. The number of ether oxygens (including phenoxy) is 2. The van der Waals surface area contributed by atoms with Gasteiger partial charge in [-0.1, -0.05) is 13.8 Å². The number of esters is 1. The van der Waals surface area contributed by atoms with E-state index < -0.39 is 0 Å². The van der Waals surface area contributed by atoms with Gasteiger partial charge in [0.15, 0.2) is 0 Å². The fourth-order valence-corrected chi connectivity index (χ4v) is 3.89. The van der Waals surface area contributed by atoms with Crippen molar-refractivity contribution in [2.24, 2.45) is 11.8 Å². The Morgan fingerprint density at radius 1 is 1.25 bits per heavy atom. The quantitative estimate of drug-likeness (QED) is 0.490. The Hall–Kier alpha value is -3.18. The van der Waals surface area contributed by atoms with Crippen LogP contribution >= 0.6 is 0 Å². The molecule has 1 saturated heterocycles. The van der Waals surface area contributed by atoms with Crippen molar-refractivity contribution in [3.8, 4) is 11.8 Å². The van der Waals surface area contributed by atoms with E-state index in [2.05, 4.69) is 34.0 Å².